The van der Waals surface area contributed by atoms with Crippen LogP contribution in [0.3, 0.4) is 0 Å². The van der Waals surface area contributed by atoms with Crippen LogP contribution in [-0.2, 0) is 9.53 Å². The predicted molar refractivity (Wildman–Crippen MR) is 64.6 cm³/mol. The molecule has 1 atom stereocenters. The first-order valence-electron chi connectivity index (χ1n) is 4.95. The molecule has 1 aromatic carbocycles. The molecule has 1 unspecified atom stereocenters. The highest BCUT2D eigenvalue weighted by Gasteiger charge is 2.13. The SMILES string of the molecule is COCCC(N)C(=O)Nc1ccccc1Cl. The number of carbonyl (C=O) groups is 1. The second kappa shape index (κ2) is 6.48. The maximum atomic E-state index is 11.6. The number of para-hydroxylation sites is 1. The summed E-state index contributed by atoms with van der Waals surface area (Å²) in [6, 6.07) is 6.43. The number of nitrogens with one attached hydrogen (secondary N) is 1. The van der Waals surface area contributed by atoms with E-state index in [9.17, 15) is 4.79 Å². The highest BCUT2D eigenvalue weighted by atomic mass is 35.5. The molecule has 88 valence electrons. The molecule has 0 aliphatic rings. The van der Waals surface area contributed by atoms with Crippen LogP contribution < -0.4 is 11.1 Å². The number of carbonyl (C=O) groups excluding carboxylic acids is 1. The van der Waals surface area contributed by atoms with Gasteiger partial charge in [0.2, 0.25) is 5.91 Å². The average molecular weight is 243 g/mol. The van der Waals surface area contributed by atoms with Crippen LogP contribution in [0.15, 0.2) is 24.3 Å². The standard InChI is InChI=1S/C11H15ClN2O2/c1-16-7-6-9(13)11(15)14-10-5-3-2-4-8(10)12/h2-5,9H,6-7,13H2,1H3,(H,14,15). The van der Waals surface area contributed by atoms with Gasteiger partial charge in [0.15, 0.2) is 0 Å². The van der Waals surface area contributed by atoms with Crippen LogP contribution in [0.5, 0.6) is 0 Å². The first kappa shape index (κ1) is 13.0. The number of methoxy groups -OCH3 is 1. The Morgan fingerprint density at radius 1 is 1.56 bits per heavy atom. The minimum absolute atomic E-state index is 0.259. The Morgan fingerprint density at radius 3 is 2.88 bits per heavy atom. The number of halogens is 1. The molecule has 1 aromatic rings. The van der Waals surface area contributed by atoms with Crippen LogP contribution in [0.2, 0.25) is 5.02 Å². The van der Waals surface area contributed by atoms with Gasteiger partial charge in [0, 0.05) is 13.7 Å². The van der Waals surface area contributed by atoms with Crippen molar-refractivity contribution >= 4 is 23.2 Å². The molecule has 16 heavy (non-hydrogen) atoms. The van der Waals surface area contributed by atoms with Gasteiger partial charge in [-0.3, -0.25) is 4.79 Å². The van der Waals surface area contributed by atoms with E-state index in [1.54, 1.807) is 31.4 Å². The lowest BCUT2D eigenvalue weighted by atomic mass is 10.2. The van der Waals surface area contributed by atoms with Crippen molar-refractivity contribution in [3.8, 4) is 0 Å². The normalized spacial score (nSPS) is 12.2. The molecule has 1 amide bonds. The van der Waals surface area contributed by atoms with Gasteiger partial charge in [0.05, 0.1) is 16.8 Å². The van der Waals surface area contributed by atoms with Crippen molar-refractivity contribution in [1.29, 1.82) is 0 Å². The van der Waals surface area contributed by atoms with Gasteiger partial charge in [-0.05, 0) is 18.6 Å². The number of hydrogen-bond acceptors (Lipinski definition) is 3. The molecule has 3 N–H and O–H groups in total. The third-order valence-electron chi connectivity index (χ3n) is 2.10. The summed E-state index contributed by atoms with van der Waals surface area (Å²) in [6.07, 6.45) is 0.479. The maximum Gasteiger partial charge on any atom is 0.241 e. The van der Waals surface area contributed by atoms with E-state index >= 15 is 0 Å². The van der Waals surface area contributed by atoms with E-state index in [-0.39, 0.29) is 5.91 Å². The summed E-state index contributed by atoms with van der Waals surface area (Å²) in [5.41, 5.74) is 6.24. The fourth-order valence-corrected chi connectivity index (χ4v) is 1.35. The summed E-state index contributed by atoms with van der Waals surface area (Å²) in [5.74, 6) is -0.259. The number of anilines is 1. The first-order chi connectivity index (χ1) is 7.65. The lowest BCUT2D eigenvalue weighted by Gasteiger charge is -2.12. The summed E-state index contributed by atoms with van der Waals surface area (Å²) < 4.78 is 4.85. The molecular formula is C11H15ClN2O2. The van der Waals surface area contributed by atoms with Gasteiger partial charge in [-0.1, -0.05) is 23.7 Å². The van der Waals surface area contributed by atoms with Gasteiger partial charge < -0.3 is 15.8 Å². The van der Waals surface area contributed by atoms with Crippen LogP contribution in [-0.4, -0.2) is 25.7 Å². The van der Waals surface area contributed by atoms with Crippen molar-refractivity contribution in [1.82, 2.24) is 0 Å². The van der Waals surface area contributed by atoms with E-state index in [1.165, 1.54) is 0 Å². The summed E-state index contributed by atoms with van der Waals surface area (Å²) in [7, 11) is 1.57. The highest BCUT2D eigenvalue weighted by molar-refractivity contribution is 6.33. The smallest absolute Gasteiger partial charge is 0.241 e. The molecule has 1 rings (SSSR count). The van der Waals surface area contributed by atoms with Crippen LogP contribution in [0.4, 0.5) is 5.69 Å². The van der Waals surface area contributed by atoms with Crippen molar-refractivity contribution in [2.45, 2.75) is 12.5 Å². The second-order valence-corrected chi connectivity index (χ2v) is 3.76. The molecule has 5 heteroatoms. The van der Waals surface area contributed by atoms with Crippen LogP contribution in [0.1, 0.15) is 6.42 Å². The molecule has 0 saturated carbocycles. The summed E-state index contributed by atoms with van der Waals surface area (Å²) >= 11 is 5.90. The first-order valence-corrected chi connectivity index (χ1v) is 5.33. The van der Waals surface area contributed by atoms with Crippen LogP contribution in [0.25, 0.3) is 0 Å². The van der Waals surface area contributed by atoms with E-state index < -0.39 is 6.04 Å². The maximum absolute atomic E-state index is 11.6. The minimum atomic E-state index is -0.587. The van der Waals surface area contributed by atoms with E-state index in [1.807, 2.05) is 0 Å². The Morgan fingerprint density at radius 2 is 2.25 bits per heavy atom. The summed E-state index contributed by atoms with van der Waals surface area (Å²) in [5, 5.41) is 3.16. The Labute approximate surface area is 99.7 Å². The second-order valence-electron chi connectivity index (χ2n) is 3.36. The number of rotatable bonds is 5. The Hall–Kier alpha value is -1.10. The quantitative estimate of drug-likeness (QED) is 0.825. The number of nitrogens with two attached hydrogens (primary N) is 1. The van der Waals surface area contributed by atoms with E-state index in [0.717, 1.165) is 0 Å². The Kier molecular flexibility index (Phi) is 5.25. The van der Waals surface area contributed by atoms with Gasteiger partial charge in [-0.25, -0.2) is 0 Å². The zero-order valence-electron chi connectivity index (χ0n) is 9.07. The molecule has 4 nitrogen and oxygen atoms in total. The van der Waals surface area contributed by atoms with Gasteiger partial charge in [-0.15, -0.1) is 0 Å². The Bertz CT molecular complexity index is 358. The lowest BCUT2D eigenvalue weighted by molar-refractivity contribution is -0.117. The molecule has 0 aliphatic heterocycles. The molecule has 0 saturated heterocycles. The highest BCUT2D eigenvalue weighted by Crippen LogP contribution is 2.20. The van der Waals surface area contributed by atoms with Crippen molar-refractivity contribution in [3.63, 3.8) is 0 Å². The molecule has 0 heterocycles. The largest absolute Gasteiger partial charge is 0.385 e. The topological polar surface area (TPSA) is 64.3 Å². The predicted octanol–water partition coefficient (Wildman–Crippen LogP) is 1.64. The van der Waals surface area contributed by atoms with Crippen molar-refractivity contribution < 1.29 is 9.53 Å². The fourth-order valence-electron chi connectivity index (χ4n) is 1.16. The number of hydrogen-bond donors (Lipinski definition) is 2. The monoisotopic (exact) mass is 242 g/mol. The molecule has 0 bridgehead atoms. The number of amides is 1. The van der Waals surface area contributed by atoms with Crippen molar-refractivity contribution in [3.05, 3.63) is 29.3 Å². The molecule has 0 aliphatic carbocycles. The van der Waals surface area contributed by atoms with Crippen molar-refractivity contribution in [2.24, 2.45) is 5.73 Å². The average Bonchev–Trinajstić information content (AvgIpc) is 2.28. The van der Waals surface area contributed by atoms with Gasteiger partial charge in [0.25, 0.3) is 0 Å². The zero-order chi connectivity index (χ0) is 12.0. The molecule has 0 aromatic heterocycles. The van der Waals surface area contributed by atoms with Crippen LogP contribution in [0, 0.1) is 0 Å². The zero-order valence-corrected chi connectivity index (χ0v) is 9.83. The summed E-state index contributed by atoms with van der Waals surface area (Å²) in [6.45, 7) is 0.455. The lowest BCUT2D eigenvalue weighted by Crippen LogP contribution is -2.36. The minimum Gasteiger partial charge on any atom is -0.385 e. The van der Waals surface area contributed by atoms with E-state index in [4.69, 9.17) is 22.1 Å². The third-order valence-corrected chi connectivity index (χ3v) is 2.43. The van der Waals surface area contributed by atoms with Gasteiger partial charge >= 0.3 is 0 Å². The van der Waals surface area contributed by atoms with Gasteiger partial charge in [-0.2, -0.15) is 0 Å². The fraction of sp³-hybridized carbons (Fsp3) is 0.364. The van der Waals surface area contributed by atoms with Crippen molar-refractivity contribution in [2.75, 3.05) is 19.0 Å². The molecule has 0 radical (unpaired) electrons. The number of ether oxygens (including phenoxy) is 1. The summed E-state index contributed by atoms with van der Waals surface area (Å²) in [4.78, 5) is 11.6. The van der Waals surface area contributed by atoms with E-state index in [0.29, 0.717) is 23.7 Å². The third kappa shape index (κ3) is 3.81. The molecule has 0 spiro atoms. The van der Waals surface area contributed by atoms with E-state index in [2.05, 4.69) is 5.32 Å². The van der Waals surface area contributed by atoms with Crippen LogP contribution >= 0.6 is 11.6 Å². The Balaban J connectivity index is 2.54. The molecular weight excluding hydrogens is 228 g/mol. The van der Waals surface area contributed by atoms with Gasteiger partial charge in [0.1, 0.15) is 0 Å². The number of benzene rings is 1. The molecule has 0 fully saturated rings.